The number of nitrogens with zero attached hydrogens (tertiary/aromatic N) is 2. The topological polar surface area (TPSA) is 77.2 Å². The average Bonchev–Trinajstić information content (AvgIpc) is 2.83. The van der Waals surface area contributed by atoms with E-state index in [0.29, 0.717) is 11.6 Å². The van der Waals surface area contributed by atoms with Crippen LogP contribution >= 0.6 is 11.6 Å². The average molecular weight is 308 g/mol. The molecule has 2 aromatic rings. The van der Waals surface area contributed by atoms with Crippen LogP contribution < -0.4 is 5.32 Å². The number of rotatable bonds is 5. The molecule has 6 nitrogen and oxygen atoms in total. The van der Waals surface area contributed by atoms with Crippen molar-refractivity contribution in [3.63, 3.8) is 0 Å². The largest absolute Gasteiger partial charge is 0.358 e. The second-order valence-corrected chi connectivity index (χ2v) is 4.86. The van der Waals surface area contributed by atoms with Gasteiger partial charge in [0.05, 0.1) is 7.05 Å². The van der Waals surface area contributed by atoms with Crippen LogP contribution in [0.1, 0.15) is 16.1 Å². The normalized spacial score (nSPS) is 10.4. The van der Waals surface area contributed by atoms with Crippen LogP contribution in [0.4, 0.5) is 11.5 Å². The fraction of sp³-hybridized carbons (Fsp3) is 0.214. The van der Waals surface area contributed by atoms with Crippen LogP contribution in [0.2, 0.25) is 0 Å². The fourth-order valence-corrected chi connectivity index (χ4v) is 2.19. The maximum atomic E-state index is 12.1. The molecule has 0 unspecified atom stereocenters. The van der Waals surface area contributed by atoms with Crippen LogP contribution in [-0.2, 0) is 13.5 Å². The molecule has 0 atom stereocenters. The molecule has 0 spiro atoms. The van der Waals surface area contributed by atoms with Gasteiger partial charge in [0.1, 0.15) is 0 Å². The summed E-state index contributed by atoms with van der Waals surface area (Å²) in [7, 11) is 1.48. The van der Waals surface area contributed by atoms with Crippen LogP contribution in [0.3, 0.4) is 0 Å². The minimum Gasteiger partial charge on any atom is -0.358 e. The van der Waals surface area contributed by atoms with Crippen molar-refractivity contribution in [3.05, 3.63) is 57.8 Å². The number of hydrogen-bond acceptors (Lipinski definition) is 3. The first-order valence-electron chi connectivity index (χ1n) is 6.29. The van der Waals surface area contributed by atoms with Crippen molar-refractivity contribution in [2.45, 2.75) is 6.42 Å². The molecule has 0 aliphatic heterocycles. The maximum Gasteiger partial charge on any atom is 0.323 e. The van der Waals surface area contributed by atoms with E-state index in [1.807, 2.05) is 12.1 Å². The molecule has 0 bridgehead atoms. The van der Waals surface area contributed by atoms with Crippen LogP contribution in [0, 0.1) is 10.1 Å². The summed E-state index contributed by atoms with van der Waals surface area (Å²) in [6.07, 6.45) is 0.764. The van der Waals surface area contributed by atoms with Crippen LogP contribution in [0.25, 0.3) is 0 Å². The van der Waals surface area contributed by atoms with Gasteiger partial charge in [0.25, 0.3) is 5.91 Å². The Morgan fingerprint density at radius 1 is 1.29 bits per heavy atom. The fourth-order valence-electron chi connectivity index (χ4n) is 1.97. The number of carbonyl (C=O) groups excluding carboxylic acids is 1. The second kappa shape index (κ2) is 6.41. The monoisotopic (exact) mass is 307 g/mol. The van der Waals surface area contributed by atoms with Crippen LogP contribution in [-0.4, -0.2) is 21.3 Å². The molecule has 1 heterocycles. The summed E-state index contributed by atoms with van der Waals surface area (Å²) in [4.78, 5) is 22.3. The highest BCUT2D eigenvalue weighted by molar-refractivity contribution is 6.18. The molecule has 0 aliphatic carbocycles. The summed E-state index contributed by atoms with van der Waals surface area (Å²) >= 11 is 5.66. The molecule has 0 aliphatic rings. The number of benzene rings is 1. The summed E-state index contributed by atoms with van der Waals surface area (Å²) in [6.45, 7) is 0. The van der Waals surface area contributed by atoms with E-state index in [4.69, 9.17) is 11.6 Å². The van der Waals surface area contributed by atoms with Gasteiger partial charge in [-0.15, -0.1) is 11.6 Å². The number of carbonyl (C=O) groups is 1. The molecule has 110 valence electrons. The van der Waals surface area contributed by atoms with Crippen molar-refractivity contribution in [1.82, 2.24) is 4.57 Å². The van der Waals surface area contributed by atoms with Gasteiger partial charge in [0.2, 0.25) is 0 Å². The van der Waals surface area contributed by atoms with E-state index in [-0.39, 0.29) is 11.5 Å². The number of nitro groups is 1. The van der Waals surface area contributed by atoms with Crippen molar-refractivity contribution in [1.29, 1.82) is 0 Å². The highest BCUT2D eigenvalue weighted by Crippen LogP contribution is 2.17. The molecule has 7 heteroatoms. The van der Waals surface area contributed by atoms with E-state index in [0.717, 1.165) is 12.0 Å². The number of aryl methyl sites for hydroxylation is 1. The number of alkyl halides is 1. The highest BCUT2D eigenvalue weighted by Gasteiger charge is 2.20. The molecule has 1 N–H and O–H groups in total. The predicted molar refractivity (Wildman–Crippen MR) is 80.9 cm³/mol. The first-order chi connectivity index (χ1) is 10.0. The van der Waals surface area contributed by atoms with Crippen LogP contribution in [0.5, 0.6) is 0 Å². The lowest BCUT2D eigenvalue weighted by Crippen LogP contribution is -2.16. The molecule has 1 aromatic carbocycles. The molecular weight excluding hydrogens is 294 g/mol. The molecule has 0 fully saturated rings. The summed E-state index contributed by atoms with van der Waals surface area (Å²) in [5.74, 6) is 0.0203. The Hall–Kier alpha value is -2.34. The van der Waals surface area contributed by atoms with Gasteiger partial charge in [-0.2, -0.15) is 0 Å². The van der Waals surface area contributed by atoms with E-state index < -0.39 is 10.8 Å². The van der Waals surface area contributed by atoms with Crippen molar-refractivity contribution >= 4 is 29.0 Å². The van der Waals surface area contributed by atoms with Crippen molar-refractivity contribution in [2.24, 2.45) is 7.05 Å². The third kappa shape index (κ3) is 3.41. The Kier molecular flexibility index (Phi) is 4.59. The van der Waals surface area contributed by atoms with Gasteiger partial charge in [-0.05, 0) is 35.1 Å². The SMILES string of the molecule is Cn1c(C(=O)Nc2ccc(CCCl)cc2)ccc1[N+](=O)[O-]. The Bertz CT molecular complexity index is 665. The lowest BCUT2D eigenvalue weighted by Gasteiger charge is -2.05. The number of halogens is 1. The van der Waals surface area contributed by atoms with Gasteiger partial charge < -0.3 is 15.4 Å². The Morgan fingerprint density at radius 2 is 1.95 bits per heavy atom. The molecule has 0 saturated carbocycles. The van der Waals surface area contributed by atoms with Gasteiger partial charge in [-0.25, -0.2) is 4.57 Å². The maximum absolute atomic E-state index is 12.1. The summed E-state index contributed by atoms with van der Waals surface area (Å²) in [5, 5.41) is 13.5. The molecule has 1 aromatic heterocycles. The van der Waals surface area contributed by atoms with Gasteiger partial charge in [0, 0.05) is 17.6 Å². The minimum atomic E-state index is -0.530. The van der Waals surface area contributed by atoms with Crippen molar-refractivity contribution in [3.8, 4) is 0 Å². The Labute approximate surface area is 126 Å². The zero-order valence-corrected chi connectivity index (χ0v) is 12.1. The first kappa shape index (κ1) is 15.1. The number of nitrogens with one attached hydrogen (secondary N) is 1. The van der Waals surface area contributed by atoms with E-state index >= 15 is 0 Å². The first-order valence-corrected chi connectivity index (χ1v) is 6.82. The summed E-state index contributed by atoms with van der Waals surface area (Å²) < 4.78 is 1.25. The number of hydrogen-bond donors (Lipinski definition) is 1. The lowest BCUT2D eigenvalue weighted by atomic mass is 10.1. The molecular formula is C14H14ClN3O3. The molecule has 0 radical (unpaired) electrons. The van der Waals surface area contributed by atoms with Gasteiger partial charge in [0.15, 0.2) is 5.69 Å². The Balaban J connectivity index is 2.12. The van der Waals surface area contributed by atoms with Crippen molar-refractivity contribution < 1.29 is 9.72 Å². The summed E-state index contributed by atoms with van der Waals surface area (Å²) in [5.41, 5.74) is 1.94. The zero-order valence-electron chi connectivity index (χ0n) is 11.4. The minimum absolute atomic E-state index is 0.127. The van der Waals surface area contributed by atoms with E-state index in [9.17, 15) is 14.9 Å². The third-order valence-corrected chi connectivity index (χ3v) is 3.30. The van der Waals surface area contributed by atoms with Crippen LogP contribution in [0.15, 0.2) is 36.4 Å². The smallest absolute Gasteiger partial charge is 0.323 e. The molecule has 21 heavy (non-hydrogen) atoms. The van der Waals surface area contributed by atoms with E-state index in [1.54, 1.807) is 12.1 Å². The second-order valence-electron chi connectivity index (χ2n) is 4.48. The van der Waals surface area contributed by atoms with Gasteiger partial charge >= 0.3 is 5.82 Å². The number of aromatic nitrogens is 1. The van der Waals surface area contributed by atoms with E-state index in [1.165, 1.54) is 23.7 Å². The predicted octanol–water partition coefficient (Wildman–Crippen LogP) is 2.97. The molecule has 1 amide bonds. The van der Waals surface area contributed by atoms with Crippen molar-refractivity contribution in [2.75, 3.05) is 11.2 Å². The Morgan fingerprint density at radius 3 is 2.48 bits per heavy atom. The lowest BCUT2D eigenvalue weighted by molar-refractivity contribution is -0.391. The quantitative estimate of drug-likeness (QED) is 0.524. The number of anilines is 1. The van der Waals surface area contributed by atoms with Gasteiger partial charge in [-0.1, -0.05) is 12.1 Å². The summed E-state index contributed by atoms with van der Waals surface area (Å²) in [6, 6.07) is 10.0. The molecule has 0 saturated heterocycles. The third-order valence-electron chi connectivity index (χ3n) is 3.11. The highest BCUT2D eigenvalue weighted by atomic mass is 35.5. The molecule has 2 rings (SSSR count). The number of amides is 1. The standard InChI is InChI=1S/C14H14ClN3O3/c1-17-12(6-7-13(17)18(20)21)14(19)16-11-4-2-10(3-5-11)8-9-15/h2-7H,8-9H2,1H3,(H,16,19). The van der Waals surface area contributed by atoms with E-state index in [2.05, 4.69) is 5.32 Å². The zero-order chi connectivity index (χ0) is 15.4. The van der Waals surface area contributed by atoms with Gasteiger partial charge in [-0.3, -0.25) is 4.79 Å².